The van der Waals surface area contributed by atoms with Crippen LogP contribution in [0, 0.1) is 0 Å². The van der Waals surface area contributed by atoms with Crippen molar-refractivity contribution in [3.63, 3.8) is 0 Å². The van der Waals surface area contributed by atoms with E-state index in [9.17, 15) is 8.42 Å². The Kier molecular flexibility index (Phi) is 6.38. The van der Waals surface area contributed by atoms with Gasteiger partial charge in [0.05, 0.1) is 4.90 Å². The van der Waals surface area contributed by atoms with Gasteiger partial charge in [-0.3, -0.25) is 0 Å². The summed E-state index contributed by atoms with van der Waals surface area (Å²) in [5.41, 5.74) is 1.06. The van der Waals surface area contributed by atoms with E-state index in [0.29, 0.717) is 5.02 Å². The molecular formula is C20H18ClNO2S2. The van der Waals surface area contributed by atoms with Gasteiger partial charge in [0.1, 0.15) is 0 Å². The summed E-state index contributed by atoms with van der Waals surface area (Å²) >= 11 is 7.55. The molecule has 26 heavy (non-hydrogen) atoms. The van der Waals surface area contributed by atoms with Crippen LogP contribution in [0.3, 0.4) is 0 Å². The van der Waals surface area contributed by atoms with Crippen LogP contribution in [-0.4, -0.2) is 15.0 Å². The van der Waals surface area contributed by atoms with Crippen LogP contribution in [0.2, 0.25) is 5.02 Å². The summed E-state index contributed by atoms with van der Waals surface area (Å²) in [6.45, 7) is 0.286. The first-order valence-corrected chi connectivity index (χ1v) is 10.8. The van der Waals surface area contributed by atoms with E-state index in [0.717, 1.165) is 10.5 Å². The standard InChI is InChI=1S/C20H18ClNO2S2/c21-17-11-13-18(14-12-17)25-20(16-7-3-1-4-8-16)15-22-26(23,24)19-9-5-2-6-10-19/h1-14,20,22H,15H2. The number of thioether (sulfide) groups is 1. The normalized spacial score (nSPS) is 12.7. The minimum Gasteiger partial charge on any atom is -0.210 e. The van der Waals surface area contributed by atoms with Gasteiger partial charge in [0.25, 0.3) is 0 Å². The second kappa shape index (κ2) is 8.73. The van der Waals surface area contributed by atoms with E-state index < -0.39 is 10.0 Å². The van der Waals surface area contributed by atoms with Crippen molar-refractivity contribution in [2.75, 3.05) is 6.54 Å². The molecule has 1 atom stereocenters. The summed E-state index contributed by atoms with van der Waals surface area (Å²) in [7, 11) is -3.55. The van der Waals surface area contributed by atoms with Crippen molar-refractivity contribution >= 4 is 33.4 Å². The number of benzene rings is 3. The Bertz CT molecular complexity index is 931. The molecule has 134 valence electrons. The van der Waals surface area contributed by atoms with Crippen molar-refractivity contribution in [2.24, 2.45) is 0 Å². The first kappa shape index (κ1) is 19.0. The van der Waals surface area contributed by atoms with E-state index in [-0.39, 0.29) is 16.7 Å². The van der Waals surface area contributed by atoms with Crippen LogP contribution >= 0.6 is 23.4 Å². The summed E-state index contributed by atoms with van der Waals surface area (Å²) in [6.07, 6.45) is 0. The highest BCUT2D eigenvalue weighted by atomic mass is 35.5. The Morgan fingerprint density at radius 2 is 1.42 bits per heavy atom. The molecule has 1 unspecified atom stereocenters. The zero-order valence-electron chi connectivity index (χ0n) is 13.9. The van der Waals surface area contributed by atoms with Crippen molar-refractivity contribution in [3.8, 4) is 0 Å². The maximum absolute atomic E-state index is 12.5. The van der Waals surface area contributed by atoms with Crippen molar-refractivity contribution in [1.29, 1.82) is 0 Å². The fraction of sp³-hybridized carbons (Fsp3) is 0.100. The summed E-state index contributed by atoms with van der Waals surface area (Å²) in [5.74, 6) is 0. The SMILES string of the molecule is O=S(=O)(NCC(Sc1ccc(Cl)cc1)c1ccccc1)c1ccccc1. The molecule has 3 aromatic carbocycles. The molecule has 0 radical (unpaired) electrons. The molecule has 1 N–H and O–H groups in total. The number of sulfonamides is 1. The molecule has 6 heteroatoms. The Morgan fingerprint density at radius 1 is 0.846 bits per heavy atom. The number of hydrogen-bond acceptors (Lipinski definition) is 3. The predicted octanol–water partition coefficient (Wildman–Crippen LogP) is 5.15. The molecule has 0 spiro atoms. The van der Waals surface area contributed by atoms with Gasteiger partial charge in [-0.25, -0.2) is 13.1 Å². The molecule has 0 amide bonds. The molecule has 3 rings (SSSR count). The lowest BCUT2D eigenvalue weighted by Crippen LogP contribution is -2.27. The molecular weight excluding hydrogens is 386 g/mol. The first-order valence-electron chi connectivity index (χ1n) is 8.06. The lowest BCUT2D eigenvalue weighted by molar-refractivity contribution is 0.581. The zero-order chi connectivity index (χ0) is 18.4. The lowest BCUT2D eigenvalue weighted by atomic mass is 10.1. The van der Waals surface area contributed by atoms with Crippen LogP contribution in [0.4, 0.5) is 0 Å². The molecule has 0 saturated carbocycles. The van der Waals surface area contributed by atoms with Gasteiger partial charge >= 0.3 is 0 Å². The second-order valence-electron chi connectivity index (χ2n) is 5.64. The Morgan fingerprint density at radius 3 is 2.04 bits per heavy atom. The van der Waals surface area contributed by atoms with Gasteiger partial charge in [-0.2, -0.15) is 0 Å². The highest BCUT2D eigenvalue weighted by molar-refractivity contribution is 7.99. The molecule has 0 fully saturated rings. The average molecular weight is 404 g/mol. The third kappa shape index (κ3) is 5.11. The Labute approximate surface area is 163 Å². The monoisotopic (exact) mass is 403 g/mol. The minimum absolute atomic E-state index is 0.0594. The molecule has 3 aromatic rings. The van der Waals surface area contributed by atoms with E-state index in [4.69, 9.17) is 11.6 Å². The van der Waals surface area contributed by atoms with Crippen molar-refractivity contribution in [1.82, 2.24) is 4.72 Å². The molecule has 0 bridgehead atoms. The third-order valence-corrected chi connectivity index (χ3v) is 6.73. The van der Waals surface area contributed by atoms with E-state index in [2.05, 4.69) is 4.72 Å². The zero-order valence-corrected chi connectivity index (χ0v) is 16.3. The molecule has 0 saturated heterocycles. The van der Waals surface area contributed by atoms with Crippen LogP contribution < -0.4 is 4.72 Å². The van der Waals surface area contributed by atoms with Crippen molar-refractivity contribution < 1.29 is 8.42 Å². The van der Waals surface area contributed by atoms with Crippen molar-refractivity contribution in [3.05, 3.63) is 95.5 Å². The minimum atomic E-state index is -3.55. The second-order valence-corrected chi connectivity index (χ2v) is 9.12. The molecule has 3 nitrogen and oxygen atoms in total. The Balaban J connectivity index is 1.79. The van der Waals surface area contributed by atoms with Gasteiger partial charge in [-0.05, 0) is 42.0 Å². The molecule has 0 aliphatic heterocycles. The predicted molar refractivity (Wildman–Crippen MR) is 108 cm³/mol. The van der Waals surface area contributed by atoms with E-state index in [1.807, 2.05) is 54.6 Å². The lowest BCUT2D eigenvalue weighted by Gasteiger charge is -2.18. The Hall–Kier alpha value is -1.79. The summed E-state index contributed by atoms with van der Waals surface area (Å²) in [6, 6.07) is 25.8. The highest BCUT2D eigenvalue weighted by Gasteiger charge is 2.19. The molecule has 0 heterocycles. The van der Waals surface area contributed by atoms with Crippen molar-refractivity contribution in [2.45, 2.75) is 15.0 Å². The van der Waals surface area contributed by atoms with Crippen LogP contribution in [0.25, 0.3) is 0 Å². The van der Waals surface area contributed by atoms with Crippen LogP contribution in [-0.2, 0) is 10.0 Å². The molecule has 0 aliphatic carbocycles. The number of halogens is 1. The average Bonchev–Trinajstić information content (AvgIpc) is 2.68. The van der Waals surface area contributed by atoms with Crippen LogP contribution in [0.1, 0.15) is 10.8 Å². The van der Waals surface area contributed by atoms with Gasteiger partial charge in [0.2, 0.25) is 10.0 Å². The van der Waals surface area contributed by atoms with Gasteiger partial charge in [-0.15, -0.1) is 11.8 Å². The fourth-order valence-corrected chi connectivity index (χ4v) is 4.82. The maximum atomic E-state index is 12.5. The van der Waals surface area contributed by atoms with E-state index in [1.165, 1.54) is 0 Å². The third-order valence-electron chi connectivity index (χ3n) is 3.78. The first-order chi connectivity index (χ1) is 12.5. The quantitative estimate of drug-likeness (QED) is 0.555. The van der Waals surface area contributed by atoms with Gasteiger partial charge in [0, 0.05) is 21.7 Å². The van der Waals surface area contributed by atoms with Gasteiger partial charge < -0.3 is 0 Å². The van der Waals surface area contributed by atoms with Gasteiger partial charge in [-0.1, -0.05) is 60.1 Å². The summed E-state index contributed by atoms with van der Waals surface area (Å²) < 4.78 is 27.8. The van der Waals surface area contributed by atoms with E-state index >= 15 is 0 Å². The number of nitrogens with one attached hydrogen (secondary N) is 1. The highest BCUT2D eigenvalue weighted by Crippen LogP contribution is 2.35. The topological polar surface area (TPSA) is 46.2 Å². The maximum Gasteiger partial charge on any atom is 0.240 e. The van der Waals surface area contributed by atoms with Crippen LogP contribution in [0.5, 0.6) is 0 Å². The summed E-state index contributed by atoms with van der Waals surface area (Å²) in [4.78, 5) is 1.30. The number of rotatable bonds is 7. The smallest absolute Gasteiger partial charge is 0.210 e. The molecule has 0 aromatic heterocycles. The fourth-order valence-electron chi connectivity index (χ4n) is 2.44. The van der Waals surface area contributed by atoms with E-state index in [1.54, 1.807) is 42.1 Å². The molecule has 0 aliphatic rings. The van der Waals surface area contributed by atoms with Crippen LogP contribution in [0.15, 0.2) is 94.7 Å². The summed E-state index contributed by atoms with van der Waals surface area (Å²) in [5, 5.41) is 0.617. The number of hydrogen-bond donors (Lipinski definition) is 1. The largest absolute Gasteiger partial charge is 0.240 e. The van der Waals surface area contributed by atoms with Gasteiger partial charge in [0.15, 0.2) is 0 Å².